The standard InChI is InChI=1S/C13H23NO3S/c1-9-5-10(2)7-11(6-9)18-4-3-12(13(16)17)14-8-15/h8-12H,3-7H2,1-2H3,(H,14,15)(H,16,17). The fourth-order valence-electron chi connectivity index (χ4n) is 2.72. The Labute approximate surface area is 113 Å². The van der Waals surface area contributed by atoms with E-state index in [4.69, 9.17) is 5.11 Å². The van der Waals surface area contributed by atoms with Crippen LogP contribution in [0, 0.1) is 11.8 Å². The first-order chi connectivity index (χ1) is 8.52. The third kappa shape index (κ3) is 5.29. The Kier molecular flexibility index (Phi) is 6.54. The zero-order chi connectivity index (χ0) is 13.5. The molecule has 0 aromatic rings. The Morgan fingerprint density at radius 1 is 1.39 bits per heavy atom. The fourth-order valence-corrected chi connectivity index (χ4v) is 4.36. The lowest BCUT2D eigenvalue weighted by Crippen LogP contribution is -2.36. The molecule has 0 aromatic heterocycles. The van der Waals surface area contributed by atoms with Crippen LogP contribution in [0.4, 0.5) is 0 Å². The quantitative estimate of drug-likeness (QED) is 0.697. The SMILES string of the molecule is CC1CC(C)CC(SCCC(NC=O)C(=O)O)C1. The lowest BCUT2D eigenvalue weighted by molar-refractivity contribution is -0.140. The zero-order valence-electron chi connectivity index (χ0n) is 11.1. The first-order valence-corrected chi connectivity index (χ1v) is 7.62. The van der Waals surface area contributed by atoms with Crippen molar-refractivity contribution in [3.05, 3.63) is 0 Å². The molecule has 0 radical (unpaired) electrons. The van der Waals surface area contributed by atoms with Crippen LogP contribution >= 0.6 is 11.8 Å². The number of hydrogen-bond acceptors (Lipinski definition) is 3. The van der Waals surface area contributed by atoms with Gasteiger partial charge in [-0.3, -0.25) is 4.79 Å². The predicted molar refractivity (Wildman–Crippen MR) is 73.7 cm³/mol. The Bertz CT molecular complexity index is 275. The normalized spacial score (nSPS) is 29.6. The van der Waals surface area contributed by atoms with Crippen molar-refractivity contribution < 1.29 is 14.7 Å². The van der Waals surface area contributed by atoms with Gasteiger partial charge >= 0.3 is 5.97 Å². The Balaban J connectivity index is 2.27. The maximum absolute atomic E-state index is 10.8. The summed E-state index contributed by atoms with van der Waals surface area (Å²) in [5.74, 6) is 1.39. The van der Waals surface area contributed by atoms with Gasteiger partial charge in [0.1, 0.15) is 6.04 Å². The van der Waals surface area contributed by atoms with Crippen LogP contribution in [0.25, 0.3) is 0 Å². The Morgan fingerprint density at radius 3 is 2.50 bits per heavy atom. The van der Waals surface area contributed by atoms with E-state index in [-0.39, 0.29) is 0 Å². The minimum atomic E-state index is -0.951. The average molecular weight is 273 g/mol. The highest BCUT2D eigenvalue weighted by Crippen LogP contribution is 2.35. The van der Waals surface area contributed by atoms with Crippen LogP contribution in [0.5, 0.6) is 0 Å². The monoisotopic (exact) mass is 273 g/mol. The number of hydrogen-bond donors (Lipinski definition) is 2. The molecule has 3 atom stereocenters. The number of aliphatic carboxylic acids is 1. The molecule has 0 bridgehead atoms. The lowest BCUT2D eigenvalue weighted by Gasteiger charge is -2.31. The minimum absolute atomic E-state index is 0.466. The smallest absolute Gasteiger partial charge is 0.326 e. The topological polar surface area (TPSA) is 66.4 Å². The first kappa shape index (κ1) is 15.3. The van der Waals surface area contributed by atoms with E-state index in [0.717, 1.165) is 17.6 Å². The maximum atomic E-state index is 10.8. The third-order valence-electron chi connectivity index (χ3n) is 3.46. The Hall–Kier alpha value is -0.710. The van der Waals surface area contributed by atoms with Crippen LogP contribution in [0.3, 0.4) is 0 Å². The van der Waals surface area contributed by atoms with Crippen LogP contribution in [0.2, 0.25) is 0 Å². The van der Waals surface area contributed by atoms with Gasteiger partial charge in [-0.05, 0) is 43.3 Å². The number of amides is 1. The van der Waals surface area contributed by atoms with Gasteiger partial charge in [0.2, 0.25) is 6.41 Å². The summed E-state index contributed by atoms with van der Waals surface area (Å²) in [6.45, 7) is 4.58. The van der Waals surface area contributed by atoms with Gasteiger partial charge in [-0.2, -0.15) is 11.8 Å². The van der Waals surface area contributed by atoms with Gasteiger partial charge in [-0.15, -0.1) is 0 Å². The number of carboxylic acids is 1. The van der Waals surface area contributed by atoms with Crippen molar-refractivity contribution in [2.45, 2.75) is 50.8 Å². The first-order valence-electron chi connectivity index (χ1n) is 6.57. The molecule has 3 unspecified atom stereocenters. The number of carboxylic acid groups (broad SMARTS) is 1. The van der Waals surface area contributed by atoms with Gasteiger partial charge in [0, 0.05) is 5.25 Å². The van der Waals surface area contributed by atoms with Gasteiger partial charge in [-0.1, -0.05) is 13.8 Å². The molecular weight excluding hydrogens is 250 g/mol. The minimum Gasteiger partial charge on any atom is -0.480 e. The molecule has 1 saturated carbocycles. The number of carbonyl (C=O) groups is 2. The highest BCUT2D eigenvalue weighted by Gasteiger charge is 2.24. The summed E-state index contributed by atoms with van der Waals surface area (Å²) < 4.78 is 0. The molecule has 4 nitrogen and oxygen atoms in total. The van der Waals surface area contributed by atoms with Crippen LogP contribution in [0.1, 0.15) is 39.5 Å². The zero-order valence-corrected chi connectivity index (χ0v) is 11.9. The van der Waals surface area contributed by atoms with E-state index in [1.807, 2.05) is 11.8 Å². The van der Waals surface area contributed by atoms with Gasteiger partial charge in [0.15, 0.2) is 0 Å². The number of thioether (sulfide) groups is 1. The highest BCUT2D eigenvalue weighted by atomic mass is 32.2. The van der Waals surface area contributed by atoms with Gasteiger partial charge < -0.3 is 10.4 Å². The summed E-state index contributed by atoms with van der Waals surface area (Å²) in [4.78, 5) is 21.1. The summed E-state index contributed by atoms with van der Waals surface area (Å²) in [6.07, 6.45) is 4.73. The third-order valence-corrected chi connectivity index (χ3v) is 4.79. The van der Waals surface area contributed by atoms with Crippen molar-refractivity contribution in [2.24, 2.45) is 11.8 Å². The van der Waals surface area contributed by atoms with E-state index in [0.29, 0.717) is 18.1 Å². The summed E-state index contributed by atoms with van der Waals surface area (Å²) in [7, 11) is 0. The van der Waals surface area contributed by atoms with E-state index in [2.05, 4.69) is 19.2 Å². The molecule has 1 aliphatic carbocycles. The molecule has 5 heteroatoms. The number of carbonyl (C=O) groups excluding carboxylic acids is 1. The van der Waals surface area contributed by atoms with Gasteiger partial charge in [0.25, 0.3) is 0 Å². The molecule has 1 fully saturated rings. The van der Waals surface area contributed by atoms with Crippen molar-refractivity contribution >= 4 is 24.1 Å². The molecule has 0 heterocycles. The molecule has 1 rings (SSSR count). The molecular formula is C13H23NO3S. The van der Waals surface area contributed by atoms with Gasteiger partial charge in [-0.25, -0.2) is 4.79 Å². The van der Waals surface area contributed by atoms with E-state index in [1.165, 1.54) is 19.3 Å². The molecule has 2 N–H and O–H groups in total. The fraction of sp³-hybridized carbons (Fsp3) is 0.846. The summed E-state index contributed by atoms with van der Waals surface area (Å²) in [5.41, 5.74) is 0. The molecule has 0 aromatic carbocycles. The highest BCUT2D eigenvalue weighted by molar-refractivity contribution is 7.99. The lowest BCUT2D eigenvalue weighted by atomic mass is 9.83. The molecule has 0 aliphatic heterocycles. The number of rotatable bonds is 7. The Morgan fingerprint density at radius 2 is 2.00 bits per heavy atom. The predicted octanol–water partition coefficient (Wildman–Crippen LogP) is 2.13. The molecule has 0 spiro atoms. The van der Waals surface area contributed by atoms with Crippen LogP contribution in [0.15, 0.2) is 0 Å². The molecule has 1 aliphatic rings. The molecule has 0 saturated heterocycles. The van der Waals surface area contributed by atoms with E-state index >= 15 is 0 Å². The van der Waals surface area contributed by atoms with Crippen molar-refractivity contribution in [3.63, 3.8) is 0 Å². The van der Waals surface area contributed by atoms with Crippen LogP contribution in [-0.4, -0.2) is 34.5 Å². The van der Waals surface area contributed by atoms with Crippen molar-refractivity contribution in [2.75, 3.05) is 5.75 Å². The van der Waals surface area contributed by atoms with Crippen LogP contribution < -0.4 is 5.32 Å². The summed E-state index contributed by atoms with van der Waals surface area (Å²) in [6, 6.07) is -0.742. The second kappa shape index (κ2) is 7.67. The van der Waals surface area contributed by atoms with E-state index in [1.54, 1.807) is 0 Å². The van der Waals surface area contributed by atoms with Crippen molar-refractivity contribution in [1.29, 1.82) is 0 Å². The van der Waals surface area contributed by atoms with Crippen LogP contribution in [-0.2, 0) is 9.59 Å². The molecule has 104 valence electrons. The summed E-state index contributed by atoms with van der Waals surface area (Å²) in [5, 5.41) is 11.9. The molecule has 18 heavy (non-hydrogen) atoms. The largest absolute Gasteiger partial charge is 0.480 e. The summed E-state index contributed by atoms with van der Waals surface area (Å²) >= 11 is 1.86. The van der Waals surface area contributed by atoms with E-state index in [9.17, 15) is 9.59 Å². The molecule has 1 amide bonds. The van der Waals surface area contributed by atoms with E-state index < -0.39 is 12.0 Å². The maximum Gasteiger partial charge on any atom is 0.326 e. The number of nitrogens with one attached hydrogen (secondary N) is 1. The van der Waals surface area contributed by atoms with Crippen molar-refractivity contribution in [1.82, 2.24) is 5.32 Å². The van der Waals surface area contributed by atoms with Gasteiger partial charge in [0.05, 0.1) is 0 Å². The average Bonchev–Trinajstić information content (AvgIpc) is 2.26. The second-order valence-corrected chi connectivity index (χ2v) is 6.78. The van der Waals surface area contributed by atoms with Crippen molar-refractivity contribution in [3.8, 4) is 0 Å². The second-order valence-electron chi connectivity index (χ2n) is 5.37.